The number of nitro benzene ring substituents is 1. The normalized spacial score (nSPS) is 15.1. The molecule has 0 aliphatic carbocycles. The van der Waals surface area contributed by atoms with Crippen LogP contribution in [0.2, 0.25) is 0 Å². The third kappa shape index (κ3) is 4.39. The topological polar surface area (TPSA) is 79.6 Å². The molecule has 1 saturated heterocycles. The van der Waals surface area contributed by atoms with Gasteiger partial charge in [0.25, 0.3) is 11.6 Å². The highest BCUT2D eigenvalue weighted by molar-refractivity contribution is 5.92. The number of pyridine rings is 1. The number of carbonyl (C=O) groups is 1. The van der Waals surface area contributed by atoms with Crippen molar-refractivity contribution in [3.63, 3.8) is 0 Å². The Bertz CT molecular complexity index is 726. The number of nitro groups is 1. The minimum atomic E-state index is -0.387. The zero-order valence-corrected chi connectivity index (χ0v) is 13.9. The molecule has 0 saturated carbocycles. The smallest absolute Gasteiger partial charge is 0.272 e. The molecule has 1 aliphatic rings. The number of amides is 1. The monoisotopic (exact) mass is 340 g/mol. The van der Waals surface area contributed by atoms with Crippen molar-refractivity contribution >= 4 is 11.6 Å². The molecule has 7 nitrogen and oxygen atoms in total. The molecular weight excluding hydrogens is 320 g/mol. The summed E-state index contributed by atoms with van der Waals surface area (Å²) in [5, 5.41) is 10.7. The van der Waals surface area contributed by atoms with Crippen LogP contribution in [0.4, 0.5) is 5.69 Å². The summed E-state index contributed by atoms with van der Waals surface area (Å²) in [6.45, 7) is 3.91. The maximum atomic E-state index is 12.4. The van der Waals surface area contributed by atoms with E-state index in [2.05, 4.69) is 9.88 Å². The Labute approximate surface area is 146 Å². The van der Waals surface area contributed by atoms with Gasteiger partial charge in [-0.15, -0.1) is 0 Å². The van der Waals surface area contributed by atoms with Crippen LogP contribution in [0, 0.1) is 10.1 Å². The van der Waals surface area contributed by atoms with Crippen LogP contribution in [-0.4, -0.2) is 58.3 Å². The zero-order valence-electron chi connectivity index (χ0n) is 13.9. The average molecular weight is 340 g/mol. The first-order chi connectivity index (χ1) is 12.1. The van der Waals surface area contributed by atoms with Gasteiger partial charge in [-0.25, -0.2) is 0 Å². The molecule has 130 valence electrons. The van der Waals surface area contributed by atoms with E-state index in [4.69, 9.17) is 0 Å². The number of aromatic nitrogens is 1. The number of non-ortho nitro benzene ring substituents is 1. The fourth-order valence-corrected chi connectivity index (χ4v) is 2.90. The summed E-state index contributed by atoms with van der Waals surface area (Å²) < 4.78 is 0. The molecule has 1 fully saturated rings. The van der Waals surface area contributed by atoms with Crippen LogP contribution in [-0.2, 0) is 6.42 Å². The second-order valence-corrected chi connectivity index (χ2v) is 6.02. The van der Waals surface area contributed by atoms with Gasteiger partial charge < -0.3 is 4.90 Å². The van der Waals surface area contributed by atoms with Crippen LogP contribution in [0.25, 0.3) is 0 Å². The Morgan fingerprint density at radius 3 is 2.40 bits per heavy atom. The van der Waals surface area contributed by atoms with E-state index in [-0.39, 0.29) is 16.5 Å². The summed E-state index contributed by atoms with van der Waals surface area (Å²) in [7, 11) is 0. The second-order valence-electron chi connectivity index (χ2n) is 6.02. The van der Waals surface area contributed by atoms with Crippen molar-refractivity contribution in [1.29, 1.82) is 0 Å². The molecular formula is C18H20N4O3. The molecule has 3 rings (SSSR count). The van der Waals surface area contributed by atoms with Gasteiger partial charge in [0.2, 0.25) is 0 Å². The van der Waals surface area contributed by atoms with Crippen molar-refractivity contribution in [2.45, 2.75) is 6.42 Å². The second kappa shape index (κ2) is 7.85. The summed E-state index contributed by atoms with van der Waals surface area (Å²) in [4.78, 5) is 30.9. The third-order valence-corrected chi connectivity index (χ3v) is 4.41. The first-order valence-corrected chi connectivity index (χ1v) is 8.29. The van der Waals surface area contributed by atoms with Gasteiger partial charge in [-0.2, -0.15) is 0 Å². The van der Waals surface area contributed by atoms with Gasteiger partial charge in [0.15, 0.2) is 0 Å². The summed E-state index contributed by atoms with van der Waals surface area (Å²) in [6, 6.07) is 12.0. The summed E-state index contributed by atoms with van der Waals surface area (Å²) in [5.41, 5.74) is 1.69. The fraction of sp³-hybridized carbons (Fsp3) is 0.333. The number of hydrogen-bond donors (Lipinski definition) is 0. The Morgan fingerprint density at radius 1 is 1.08 bits per heavy atom. The lowest BCUT2D eigenvalue weighted by Crippen LogP contribution is -2.49. The quantitative estimate of drug-likeness (QED) is 0.614. The molecule has 7 heteroatoms. The van der Waals surface area contributed by atoms with E-state index >= 15 is 0 Å². The highest BCUT2D eigenvalue weighted by Crippen LogP contribution is 2.13. The van der Waals surface area contributed by atoms with Gasteiger partial charge >= 0.3 is 0 Å². The maximum absolute atomic E-state index is 12.4. The van der Waals surface area contributed by atoms with Gasteiger partial charge in [0, 0.05) is 51.1 Å². The lowest BCUT2D eigenvalue weighted by atomic mass is 10.1. The Hall–Kier alpha value is -2.80. The first-order valence-electron chi connectivity index (χ1n) is 8.29. The molecule has 0 bridgehead atoms. The van der Waals surface area contributed by atoms with E-state index < -0.39 is 0 Å². The molecule has 0 radical (unpaired) electrons. The van der Waals surface area contributed by atoms with Gasteiger partial charge in [0.05, 0.1) is 4.92 Å². The minimum absolute atomic E-state index is 0.0179. The van der Waals surface area contributed by atoms with Gasteiger partial charge in [-0.05, 0) is 24.1 Å². The molecule has 1 aliphatic heterocycles. The van der Waals surface area contributed by atoms with Crippen molar-refractivity contribution in [1.82, 2.24) is 14.8 Å². The number of rotatable bonds is 5. The van der Waals surface area contributed by atoms with Gasteiger partial charge in [0.1, 0.15) is 5.69 Å². The largest absolute Gasteiger partial charge is 0.335 e. The number of nitrogens with zero attached hydrogens (tertiary/aromatic N) is 4. The van der Waals surface area contributed by atoms with Crippen molar-refractivity contribution in [2.24, 2.45) is 0 Å². The van der Waals surface area contributed by atoms with Crippen LogP contribution in [0.1, 0.15) is 16.1 Å². The van der Waals surface area contributed by atoms with Crippen LogP contribution in [0.5, 0.6) is 0 Å². The predicted molar refractivity (Wildman–Crippen MR) is 93.4 cm³/mol. The van der Waals surface area contributed by atoms with Crippen LogP contribution >= 0.6 is 0 Å². The molecule has 0 atom stereocenters. The van der Waals surface area contributed by atoms with E-state index in [0.29, 0.717) is 18.8 Å². The van der Waals surface area contributed by atoms with E-state index in [1.807, 2.05) is 11.0 Å². The zero-order chi connectivity index (χ0) is 17.6. The van der Waals surface area contributed by atoms with Crippen molar-refractivity contribution in [3.05, 3.63) is 70.0 Å². The van der Waals surface area contributed by atoms with Gasteiger partial charge in [-0.3, -0.25) is 24.8 Å². The summed E-state index contributed by atoms with van der Waals surface area (Å²) >= 11 is 0. The lowest BCUT2D eigenvalue weighted by Gasteiger charge is -2.34. The van der Waals surface area contributed by atoms with E-state index in [9.17, 15) is 14.9 Å². The predicted octanol–water partition coefficient (Wildman–Crippen LogP) is 1.99. The first kappa shape index (κ1) is 17.0. The number of benzene rings is 1. The van der Waals surface area contributed by atoms with Gasteiger partial charge in [-0.1, -0.05) is 18.2 Å². The van der Waals surface area contributed by atoms with E-state index in [1.54, 1.807) is 42.6 Å². The van der Waals surface area contributed by atoms with Crippen LogP contribution in [0.3, 0.4) is 0 Å². The SMILES string of the molecule is O=C(c1ccccn1)N1CCN(CCc2ccc([N+](=O)[O-])cc2)CC1. The highest BCUT2D eigenvalue weighted by atomic mass is 16.6. The van der Waals surface area contributed by atoms with Crippen LogP contribution < -0.4 is 0 Å². The molecule has 0 unspecified atom stereocenters. The molecule has 0 N–H and O–H groups in total. The lowest BCUT2D eigenvalue weighted by molar-refractivity contribution is -0.384. The Kier molecular flexibility index (Phi) is 5.35. The maximum Gasteiger partial charge on any atom is 0.272 e. The van der Waals surface area contributed by atoms with Crippen molar-refractivity contribution < 1.29 is 9.72 Å². The van der Waals surface area contributed by atoms with Crippen molar-refractivity contribution in [2.75, 3.05) is 32.7 Å². The summed E-state index contributed by atoms with van der Waals surface area (Å²) in [5.74, 6) is -0.0179. The molecule has 25 heavy (non-hydrogen) atoms. The summed E-state index contributed by atoms with van der Waals surface area (Å²) in [6.07, 6.45) is 2.47. The Balaban J connectivity index is 1.46. The highest BCUT2D eigenvalue weighted by Gasteiger charge is 2.22. The van der Waals surface area contributed by atoms with E-state index in [0.717, 1.165) is 31.6 Å². The fourth-order valence-electron chi connectivity index (χ4n) is 2.90. The Morgan fingerprint density at radius 2 is 1.80 bits per heavy atom. The minimum Gasteiger partial charge on any atom is -0.335 e. The number of piperazine rings is 1. The molecule has 1 aromatic heterocycles. The number of hydrogen-bond acceptors (Lipinski definition) is 5. The average Bonchev–Trinajstić information content (AvgIpc) is 2.67. The molecule has 0 spiro atoms. The standard InChI is InChI=1S/C18H20N4O3/c23-18(17-3-1-2-9-19-17)21-13-11-20(12-14-21)10-8-15-4-6-16(7-5-15)22(24)25/h1-7,9H,8,10-14H2. The molecule has 2 aromatic rings. The molecule has 2 heterocycles. The molecule has 1 aromatic carbocycles. The molecule has 1 amide bonds. The number of carbonyl (C=O) groups excluding carboxylic acids is 1. The van der Waals surface area contributed by atoms with E-state index in [1.165, 1.54) is 0 Å². The van der Waals surface area contributed by atoms with Crippen LogP contribution in [0.15, 0.2) is 48.7 Å². The van der Waals surface area contributed by atoms with Crippen molar-refractivity contribution in [3.8, 4) is 0 Å². The third-order valence-electron chi connectivity index (χ3n) is 4.41.